The first-order valence-electron chi connectivity index (χ1n) is 8.10. The Bertz CT molecular complexity index is 329. The molecule has 0 bridgehead atoms. The molecule has 0 radical (unpaired) electrons. The maximum absolute atomic E-state index is 12.6. The average Bonchev–Trinajstić information content (AvgIpc) is 3.19. The summed E-state index contributed by atoms with van der Waals surface area (Å²) in [6.07, 6.45) is 2.22. The number of esters is 1. The number of carbonyl (C=O) groups is 1. The van der Waals surface area contributed by atoms with Gasteiger partial charge in [-0.1, -0.05) is 0 Å². The molecule has 21 heavy (non-hydrogen) atoms. The summed E-state index contributed by atoms with van der Waals surface area (Å²) in [7, 11) is 6.22. The standard InChI is InChI=1S/C16H33N3O2/c1-7-21-15(20)16(14-8-9-14,17-13(2)3)12-19(6)11-10-18(4)5/h13-14,17H,7-12H2,1-6H3. The lowest BCUT2D eigenvalue weighted by molar-refractivity contribution is -0.153. The molecule has 1 unspecified atom stereocenters. The Morgan fingerprint density at radius 2 is 1.90 bits per heavy atom. The second-order valence-corrected chi connectivity index (χ2v) is 6.81. The van der Waals surface area contributed by atoms with E-state index in [1.54, 1.807) is 0 Å². The molecule has 5 nitrogen and oxygen atoms in total. The molecule has 1 N–H and O–H groups in total. The van der Waals surface area contributed by atoms with Gasteiger partial charge in [-0.05, 0) is 60.7 Å². The Hall–Kier alpha value is -0.650. The van der Waals surface area contributed by atoms with Crippen LogP contribution in [0.25, 0.3) is 0 Å². The van der Waals surface area contributed by atoms with Gasteiger partial charge in [-0.25, -0.2) is 4.79 Å². The number of rotatable bonds is 10. The van der Waals surface area contributed by atoms with Crippen LogP contribution in [0.4, 0.5) is 0 Å². The maximum Gasteiger partial charge on any atom is 0.327 e. The third-order valence-corrected chi connectivity index (χ3v) is 3.91. The number of nitrogens with zero attached hydrogens (tertiary/aromatic N) is 2. The minimum atomic E-state index is -0.550. The predicted molar refractivity (Wildman–Crippen MR) is 86.4 cm³/mol. The van der Waals surface area contributed by atoms with E-state index in [-0.39, 0.29) is 12.0 Å². The van der Waals surface area contributed by atoms with Gasteiger partial charge in [0.25, 0.3) is 0 Å². The molecule has 124 valence electrons. The topological polar surface area (TPSA) is 44.8 Å². The van der Waals surface area contributed by atoms with E-state index < -0.39 is 5.54 Å². The molecule has 5 heteroatoms. The van der Waals surface area contributed by atoms with Gasteiger partial charge in [0, 0.05) is 25.7 Å². The van der Waals surface area contributed by atoms with Gasteiger partial charge in [-0.15, -0.1) is 0 Å². The minimum Gasteiger partial charge on any atom is -0.465 e. The van der Waals surface area contributed by atoms with Gasteiger partial charge in [0.2, 0.25) is 0 Å². The van der Waals surface area contributed by atoms with Gasteiger partial charge in [-0.3, -0.25) is 5.32 Å². The van der Waals surface area contributed by atoms with E-state index in [0.29, 0.717) is 19.1 Å². The van der Waals surface area contributed by atoms with E-state index in [2.05, 4.69) is 50.1 Å². The van der Waals surface area contributed by atoms with Crippen LogP contribution < -0.4 is 5.32 Å². The molecule has 1 aliphatic rings. The van der Waals surface area contributed by atoms with Gasteiger partial charge in [0.1, 0.15) is 5.54 Å². The molecule has 0 heterocycles. The third kappa shape index (κ3) is 5.57. The van der Waals surface area contributed by atoms with Crippen LogP contribution in [0.15, 0.2) is 0 Å². The van der Waals surface area contributed by atoms with Crippen LogP contribution >= 0.6 is 0 Å². The molecular weight excluding hydrogens is 266 g/mol. The molecular formula is C16H33N3O2. The molecule has 1 rings (SSSR count). The molecule has 1 saturated carbocycles. The fourth-order valence-corrected chi connectivity index (χ4v) is 2.81. The molecule has 1 fully saturated rings. The monoisotopic (exact) mass is 299 g/mol. The van der Waals surface area contributed by atoms with E-state index in [0.717, 1.165) is 25.9 Å². The van der Waals surface area contributed by atoms with Crippen molar-refractivity contribution in [3.63, 3.8) is 0 Å². The normalized spacial score (nSPS) is 18.3. The van der Waals surface area contributed by atoms with Crippen molar-refractivity contribution in [3.05, 3.63) is 0 Å². The Labute approximate surface area is 130 Å². The van der Waals surface area contributed by atoms with Gasteiger partial charge < -0.3 is 14.5 Å². The fraction of sp³-hybridized carbons (Fsp3) is 0.938. The Balaban J connectivity index is 2.81. The number of carbonyl (C=O) groups excluding carboxylic acids is 1. The Morgan fingerprint density at radius 1 is 1.29 bits per heavy atom. The van der Waals surface area contributed by atoms with E-state index in [4.69, 9.17) is 4.74 Å². The molecule has 1 aliphatic carbocycles. The van der Waals surface area contributed by atoms with Crippen molar-refractivity contribution in [2.75, 3.05) is 47.4 Å². The molecule has 1 atom stereocenters. The van der Waals surface area contributed by atoms with Crippen molar-refractivity contribution in [3.8, 4) is 0 Å². The zero-order chi connectivity index (χ0) is 16.0. The largest absolute Gasteiger partial charge is 0.465 e. The highest BCUT2D eigenvalue weighted by atomic mass is 16.5. The van der Waals surface area contributed by atoms with Crippen molar-refractivity contribution in [1.29, 1.82) is 0 Å². The van der Waals surface area contributed by atoms with E-state index in [1.807, 2.05) is 6.92 Å². The van der Waals surface area contributed by atoms with Crippen LogP contribution in [0.2, 0.25) is 0 Å². The Kier molecular flexibility index (Phi) is 7.10. The van der Waals surface area contributed by atoms with Crippen molar-refractivity contribution < 1.29 is 9.53 Å². The zero-order valence-electron chi connectivity index (χ0n) is 14.6. The lowest BCUT2D eigenvalue weighted by Gasteiger charge is -2.38. The van der Waals surface area contributed by atoms with Gasteiger partial charge in [-0.2, -0.15) is 0 Å². The first kappa shape index (κ1) is 18.4. The number of ether oxygens (including phenoxy) is 1. The summed E-state index contributed by atoms with van der Waals surface area (Å²) < 4.78 is 5.40. The highest BCUT2D eigenvalue weighted by Gasteiger charge is 2.52. The molecule has 0 aromatic heterocycles. The average molecular weight is 299 g/mol. The zero-order valence-corrected chi connectivity index (χ0v) is 14.6. The molecule has 0 amide bonds. The highest BCUT2D eigenvalue weighted by Crippen LogP contribution is 2.41. The summed E-state index contributed by atoms with van der Waals surface area (Å²) in [5.74, 6) is 0.318. The summed E-state index contributed by atoms with van der Waals surface area (Å²) >= 11 is 0. The molecule has 0 aromatic carbocycles. The summed E-state index contributed by atoms with van der Waals surface area (Å²) in [6.45, 7) is 9.15. The van der Waals surface area contributed by atoms with Crippen LogP contribution in [0.1, 0.15) is 33.6 Å². The van der Waals surface area contributed by atoms with Crippen LogP contribution in [0.5, 0.6) is 0 Å². The number of likely N-dealkylation sites (N-methyl/N-ethyl adjacent to an activating group) is 2. The maximum atomic E-state index is 12.6. The molecule has 0 saturated heterocycles. The molecule has 0 spiro atoms. The van der Waals surface area contributed by atoms with Crippen LogP contribution in [-0.2, 0) is 9.53 Å². The third-order valence-electron chi connectivity index (χ3n) is 3.91. The SMILES string of the molecule is CCOC(=O)C(CN(C)CCN(C)C)(NC(C)C)C1CC1. The van der Waals surface area contributed by atoms with Gasteiger partial charge in [0.15, 0.2) is 0 Å². The van der Waals surface area contributed by atoms with E-state index >= 15 is 0 Å². The van der Waals surface area contributed by atoms with Crippen molar-refractivity contribution >= 4 is 5.97 Å². The lowest BCUT2D eigenvalue weighted by Crippen LogP contribution is -2.63. The highest BCUT2D eigenvalue weighted by molar-refractivity contribution is 5.82. The minimum absolute atomic E-state index is 0.0853. The smallest absolute Gasteiger partial charge is 0.327 e. The second-order valence-electron chi connectivity index (χ2n) is 6.81. The van der Waals surface area contributed by atoms with Crippen LogP contribution in [0.3, 0.4) is 0 Å². The summed E-state index contributed by atoms with van der Waals surface area (Å²) in [5, 5.41) is 3.53. The quantitative estimate of drug-likeness (QED) is 0.614. The van der Waals surface area contributed by atoms with Crippen LogP contribution in [-0.4, -0.2) is 74.7 Å². The van der Waals surface area contributed by atoms with Crippen molar-refractivity contribution in [1.82, 2.24) is 15.1 Å². The van der Waals surface area contributed by atoms with E-state index in [1.165, 1.54) is 0 Å². The molecule has 0 aromatic rings. The second kappa shape index (κ2) is 8.11. The van der Waals surface area contributed by atoms with E-state index in [9.17, 15) is 4.79 Å². The summed E-state index contributed by atoms with van der Waals surface area (Å²) in [5.41, 5.74) is -0.550. The molecule has 0 aliphatic heterocycles. The fourth-order valence-electron chi connectivity index (χ4n) is 2.81. The predicted octanol–water partition coefficient (Wildman–Crippen LogP) is 1.19. The number of nitrogens with one attached hydrogen (secondary N) is 1. The van der Waals surface area contributed by atoms with Crippen molar-refractivity contribution in [2.45, 2.75) is 45.2 Å². The number of hydrogen-bond acceptors (Lipinski definition) is 5. The Morgan fingerprint density at radius 3 is 2.33 bits per heavy atom. The lowest BCUT2D eigenvalue weighted by atomic mass is 9.91. The van der Waals surface area contributed by atoms with Crippen molar-refractivity contribution in [2.24, 2.45) is 5.92 Å². The first-order valence-corrected chi connectivity index (χ1v) is 8.10. The number of hydrogen-bond donors (Lipinski definition) is 1. The first-order chi connectivity index (χ1) is 9.81. The summed E-state index contributed by atoms with van der Waals surface area (Å²) in [6, 6.07) is 0.261. The summed E-state index contributed by atoms with van der Waals surface area (Å²) in [4.78, 5) is 17.0. The van der Waals surface area contributed by atoms with Crippen LogP contribution in [0, 0.1) is 5.92 Å². The van der Waals surface area contributed by atoms with Gasteiger partial charge >= 0.3 is 5.97 Å². The van der Waals surface area contributed by atoms with Gasteiger partial charge in [0.05, 0.1) is 6.61 Å².